The zero-order valence-corrected chi connectivity index (χ0v) is 30.0. The summed E-state index contributed by atoms with van der Waals surface area (Å²) in [5, 5.41) is 17.1. The quantitative estimate of drug-likeness (QED) is 0.340. The summed E-state index contributed by atoms with van der Waals surface area (Å²) in [5.41, 5.74) is 0.653. The first kappa shape index (κ1) is 35.6. The Morgan fingerprint density at radius 2 is 1.52 bits per heavy atom. The Bertz CT molecular complexity index is 1610. The smallest absolute Gasteiger partial charge is 0.310 e. The molecule has 3 heterocycles. The van der Waals surface area contributed by atoms with Crippen molar-refractivity contribution in [2.75, 3.05) is 34.7 Å². The molecule has 6 rings (SSSR count). The molecule has 5 atom stereocenters. The number of fused-ring (bicyclic) bond motifs is 3. The minimum absolute atomic E-state index is 0.0341. The molecule has 1 aliphatic carbocycles. The summed E-state index contributed by atoms with van der Waals surface area (Å²) < 4.78 is 40.0. The van der Waals surface area contributed by atoms with Crippen LogP contribution in [0.2, 0.25) is 0 Å². The molecule has 4 aliphatic rings. The number of carbonyl (C=O) groups excluding carboxylic acids is 3. The molecule has 2 saturated heterocycles. The summed E-state index contributed by atoms with van der Waals surface area (Å²) in [6.45, 7) is 9.28. The van der Waals surface area contributed by atoms with Crippen LogP contribution in [0, 0.1) is 17.8 Å². The topological polar surface area (TPSA) is 151 Å². The van der Waals surface area contributed by atoms with Crippen molar-refractivity contribution in [1.82, 2.24) is 10.4 Å². The van der Waals surface area contributed by atoms with Crippen LogP contribution in [0.25, 0.3) is 0 Å². The maximum atomic E-state index is 14.2. The van der Waals surface area contributed by atoms with E-state index >= 15 is 0 Å². The molecule has 0 spiro atoms. The molecule has 13 heteroatoms. The van der Waals surface area contributed by atoms with Crippen LogP contribution in [0.3, 0.4) is 0 Å². The Hall–Kier alpha value is -4.23. The largest absolute Gasteiger partial charge is 0.493 e. The van der Waals surface area contributed by atoms with Gasteiger partial charge in [-0.3, -0.25) is 14.4 Å². The number of nitrogens with zero attached hydrogens (tertiary/aromatic N) is 1. The van der Waals surface area contributed by atoms with E-state index in [4.69, 9.17) is 33.2 Å². The highest BCUT2D eigenvalue weighted by Crippen LogP contribution is 2.55. The number of nitrogens with one attached hydrogen (secondary N) is 1. The van der Waals surface area contributed by atoms with E-state index in [0.29, 0.717) is 54.4 Å². The van der Waals surface area contributed by atoms with Gasteiger partial charge in [-0.1, -0.05) is 13.3 Å². The van der Waals surface area contributed by atoms with E-state index in [1.54, 1.807) is 0 Å². The molecule has 2 fully saturated rings. The number of piperidine rings is 1. The van der Waals surface area contributed by atoms with Gasteiger partial charge in [-0.15, -0.1) is 10.3 Å². The van der Waals surface area contributed by atoms with Gasteiger partial charge >= 0.3 is 11.9 Å². The number of rotatable bonds is 10. The van der Waals surface area contributed by atoms with Gasteiger partial charge in [-0.05, 0) is 87.9 Å². The lowest BCUT2D eigenvalue weighted by Crippen LogP contribution is -2.59. The summed E-state index contributed by atoms with van der Waals surface area (Å²) in [4.78, 5) is 41.4. The van der Waals surface area contributed by atoms with Crippen molar-refractivity contribution in [3.8, 4) is 28.7 Å². The molecule has 13 nitrogen and oxygen atoms in total. The second kappa shape index (κ2) is 13.5. The van der Waals surface area contributed by atoms with Gasteiger partial charge in [0.05, 0.1) is 45.8 Å². The van der Waals surface area contributed by atoms with Gasteiger partial charge < -0.3 is 38.5 Å². The molecule has 2 aromatic carbocycles. The normalized spacial score (nSPS) is 25.5. The van der Waals surface area contributed by atoms with E-state index in [2.05, 4.69) is 5.32 Å². The van der Waals surface area contributed by atoms with E-state index < -0.39 is 64.7 Å². The Labute approximate surface area is 292 Å². The van der Waals surface area contributed by atoms with E-state index in [-0.39, 0.29) is 13.4 Å². The fourth-order valence-corrected chi connectivity index (χ4v) is 8.45. The van der Waals surface area contributed by atoms with Crippen molar-refractivity contribution >= 4 is 17.8 Å². The standard InChI is InChI=1S/C37H47N2O11/c1-9-10-24(50-34(41)20-15-36(2,3)39(43)37(4,5)16-20)33(40)38-31-22-14-26-25(48-18-49-26)13-21(22)29(30-23(31)17-47-35(30)42)19-11-27(44-6)32(46-8)28(12-19)45-7/h11-14,20,23-24,29-31H,9-10,15-18H2,1-8H3,(H,38,40)/t23-,24?,29+,30-,31+/m0/s1. The van der Waals surface area contributed by atoms with Crippen LogP contribution < -0.4 is 29.0 Å². The molecule has 1 unspecified atom stereocenters. The molecule has 1 amide bonds. The number of benzene rings is 2. The Balaban J connectivity index is 1.36. The fraction of sp³-hybridized carbons (Fsp3) is 0.595. The molecule has 3 aliphatic heterocycles. The fourth-order valence-electron chi connectivity index (χ4n) is 8.45. The first-order valence-corrected chi connectivity index (χ1v) is 17.1. The number of carbonyl (C=O) groups is 3. The molecule has 0 saturated carbocycles. The van der Waals surface area contributed by atoms with Gasteiger partial charge in [-0.25, -0.2) is 0 Å². The summed E-state index contributed by atoms with van der Waals surface area (Å²) in [6, 6.07) is 6.65. The van der Waals surface area contributed by atoms with Gasteiger partial charge in [0.1, 0.15) is 0 Å². The number of methoxy groups -OCH3 is 3. The van der Waals surface area contributed by atoms with Gasteiger partial charge in [0.25, 0.3) is 5.91 Å². The number of hydrogen-bond donors (Lipinski definition) is 1. The van der Waals surface area contributed by atoms with Crippen LogP contribution in [-0.4, -0.2) is 74.8 Å². The molecular weight excluding hydrogens is 648 g/mol. The van der Waals surface area contributed by atoms with Crippen molar-refractivity contribution in [3.05, 3.63) is 41.0 Å². The van der Waals surface area contributed by atoms with Gasteiger partial charge in [-0.2, -0.15) is 0 Å². The highest BCUT2D eigenvalue weighted by molar-refractivity contribution is 5.86. The van der Waals surface area contributed by atoms with Gasteiger partial charge in [0, 0.05) is 22.9 Å². The Kier molecular flexibility index (Phi) is 9.59. The number of cyclic esters (lactones) is 1. The van der Waals surface area contributed by atoms with Crippen molar-refractivity contribution < 1.29 is 52.7 Å². The first-order chi connectivity index (χ1) is 23.7. The number of esters is 2. The summed E-state index contributed by atoms with van der Waals surface area (Å²) in [6.07, 6.45) is 0.425. The van der Waals surface area contributed by atoms with E-state index in [1.807, 2.05) is 58.9 Å². The van der Waals surface area contributed by atoms with Gasteiger partial charge in [0.15, 0.2) is 29.1 Å². The number of hydrogen-bond acceptors (Lipinski definition) is 11. The summed E-state index contributed by atoms with van der Waals surface area (Å²) in [5.74, 6) is -1.29. The van der Waals surface area contributed by atoms with Crippen LogP contribution in [0.5, 0.6) is 28.7 Å². The maximum Gasteiger partial charge on any atom is 0.310 e. The maximum absolute atomic E-state index is 14.2. The SMILES string of the molecule is CCCC(OC(=O)C1CC(C)(C)N([O])C(C)(C)C1)C(=O)N[C@@H]1c2cc3c(cc2[C@@H](c2cc(OC)c(OC)c(OC)c2)[C@H]2C(=O)OC[C@@H]21)OCO3. The molecule has 2 aromatic rings. The number of ether oxygens (including phenoxy) is 7. The lowest BCUT2D eigenvalue weighted by atomic mass is 9.65. The van der Waals surface area contributed by atoms with Crippen LogP contribution in [0.4, 0.5) is 0 Å². The third kappa shape index (κ3) is 6.19. The van der Waals surface area contributed by atoms with Crippen molar-refractivity contribution in [1.29, 1.82) is 0 Å². The van der Waals surface area contributed by atoms with E-state index in [1.165, 1.54) is 21.3 Å². The lowest BCUT2D eigenvalue weighted by Gasteiger charge is -2.49. The summed E-state index contributed by atoms with van der Waals surface area (Å²) in [7, 11) is 4.58. The molecule has 0 bridgehead atoms. The summed E-state index contributed by atoms with van der Waals surface area (Å²) >= 11 is 0. The molecule has 0 aromatic heterocycles. The van der Waals surface area contributed by atoms with E-state index in [9.17, 15) is 19.6 Å². The first-order valence-electron chi connectivity index (χ1n) is 17.1. The molecule has 271 valence electrons. The minimum Gasteiger partial charge on any atom is -0.493 e. The number of amides is 1. The van der Waals surface area contributed by atoms with Crippen molar-refractivity contribution in [2.45, 2.75) is 89.4 Å². The molecule has 1 N–H and O–H groups in total. The Morgan fingerprint density at radius 3 is 2.08 bits per heavy atom. The van der Waals surface area contributed by atoms with Crippen LogP contribution in [0.15, 0.2) is 24.3 Å². The average molecular weight is 696 g/mol. The molecular formula is C37H47N2O11. The predicted octanol–water partition coefficient (Wildman–Crippen LogP) is 4.86. The lowest BCUT2D eigenvalue weighted by molar-refractivity contribution is -0.293. The van der Waals surface area contributed by atoms with E-state index in [0.717, 1.165) is 21.8 Å². The molecule has 1 radical (unpaired) electrons. The van der Waals surface area contributed by atoms with Crippen molar-refractivity contribution in [2.24, 2.45) is 17.8 Å². The van der Waals surface area contributed by atoms with Crippen LogP contribution >= 0.6 is 0 Å². The highest BCUT2D eigenvalue weighted by atomic mass is 16.7. The van der Waals surface area contributed by atoms with Crippen LogP contribution in [0.1, 0.15) is 89.0 Å². The van der Waals surface area contributed by atoms with Crippen LogP contribution in [-0.2, 0) is 29.1 Å². The Morgan fingerprint density at radius 1 is 0.920 bits per heavy atom. The highest BCUT2D eigenvalue weighted by Gasteiger charge is 2.54. The second-order valence-electron chi connectivity index (χ2n) is 14.8. The third-order valence-corrected chi connectivity index (χ3v) is 10.6. The number of hydroxylamine groups is 2. The van der Waals surface area contributed by atoms with Gasteiger partial charge in [0.2, 0.25) is 12.5 Å². The monoisotopic (exact) mass is 695 g/mol. The predicted molar refractivity (Wildman–Crippen MR) is 178 cm³/mol. The van der Waals surface area contributed by atoms with Crippen molar-refractivity contribution in [3.63, 3.8) is 0 Å². The average Bonchev–Trinajstić information content (AvgIpc) is 3.71. The zero-order chi connectivity index (χ0) is 36.1. The zero-order valence-electron chi connectivity index (χ0n) is 30.0. The third-order valence-electron chi connectivity index (χ3n) is 10.6. The molecule has 50 heavy (non-hydrogen) atoms. The second-order valence-corrected chi connectivity index (χ2v) is 14.8. The minimum atomic E-state index is -1.08.